The molecule has 112 valence electrons. The van der Waals surface area contributed by atoms with Gasteiger partial charge in [-0.1, -0.05) is 23.7 Å². The molecule has 0 aliphatic rings. The van der Waals surface area contributed by atoms with Crippen LogP contribution in [0, 0.1) is 5.82 Å². The van der Waals surface area contributed by atoms with E-state index in [2.05, 4.69) is 20.7 Å². The molecule has 4 nitrogen and oxygen atoms in total. The average molecular weight is 395 g/mol. The fourth-order valence-corrected chi connectivity index (χ4v) is 3.68. The van der Waals surface area contributed by atoms with Crippen molar-refractivity contribution in [3.8, 4) is 5.75 Å². The molecule has 2 rings (SSSR count). The van der Waals surface area contributed by atoms with Gasteiger partial charge in [0.25, 0.3) is 10.0 Å². The van der Waals surface area contributed by atoms with Crippen molar-refractivity contribution < 1.29 is 17.5 Å². The van der Waals surface area contributed by atoms with E-state index in [0.717, 1.165) is 6.07 Å². The van der Waals surface area contributed by atoms with Crippen molar-refractivity contribution in [2.24, 2.45) is 0 Å². The predicted molar refractivity (Wildman–Crippen MR) is 82.9 cm³/mol. The zero-order valence-corrected chi connectivity index (χ0v) is 13.9. The van der Waals surface area contributed by atoms with E-state index >= 15 is 0 Å². The number of benzene rings is 2. The smallest absolute Gasteiger partial charge is 0.263 e. The largest absolute Gasteiger partial charge is 0.495 e. The molecule has 8 heteroatoms. The first-order valence-corrected chi connectivity index (χ1v) is 8.31. The molecule has 21 heavy (non-hydrogen) atoms. The van der Waals surface area contributed by atoms with E-state index in [1.807, 2.05) is 0 Å². The lowest BCUT2D eigenvalue weighted by Gasteiger charge is -2.12. The number of methoxy groups -OCH3 is 1. The Morgan fingerprint density at radius 3 is 2.57 bits per heavy atom. The third-order valence-electron chi connectivity index (χ3n) is 2.61. The van der Waals surface area contributed by atoms with E-state index in [-0.39, 0.29) is 15.6 Å². The summed E-state index contributed by atoms with van der Waals surface area (Å²) in [5.41, 5.74) is -0.227. The highest BCUT2D eigenvalue weighted by molar-refractivity contribution is 9.10. The Hall–Kier alpha value is -1.31. The standard InChI is InChI=1S/C13H10BrClFNO3S/c1-20-12-7-11(10(16)6-8(12)14)17-21(18,19)13-5-3-2-4-9(13)15/h2-7,17H,1H3. The number of anilines is 1. The second-order valence-electron chi connectivity index (χ2n) is 4.00. The van der Waals surface area contributed by atoms with Crippen molar-refractivity contribution in [1.29, 1.82) is 0 Å². The molecule has 0 spiro atoms. The van der Waals surface area contributed by atoms with Crippen LogP contribution in [0.5, 0.6) is 5.75 Å². The van der Waals surface area contributed by atoms with E-state index in [4.69, 9.17) is 16.3 Å². The quantitative estimate of drug-likeness (QED) is 0.851. The molecule has 0 heterocycles. The Morgan fingerprint density at radius 1 is 1.29 bits per heavy atom. The number of sulfonamides is 1. The van der Waals surface area contributed by atoms with Gasteiger partial charge in [0.1, 0.15) is 16.5 Å². The van der Waals surface area contributed by atoms with Crippen molar-refractivity contribution in [1.82, 2.24) is 0 Å². The van der Waals surface area contributed by atoms with Gasteiger partial charge in [0.15, 0.2) is 0 Å². The predicted octanol–water partition coefficient (Wildman–Crippen LogP) is 4.05. The van der Waals surface area contributed by atoms with E-state index < -0.39 is 15.8 Å². The van der Waals surface area contributed by atoms with E-state index in [1.165, 1.54) is 31.4 Å². The normalized spacial score (nSPS) is 11.2. The highest BCUT2D eigenvalue weighted by atomic mass is 79.9. The summed E-state index contributed by atoms with van der Waals surface area (Å²) in [5.74, 6) is -0.438. The Morgan fingerprint density at radius 2 is 1.95 bits per heavy atom. The van der Waals surface area contributed by atoms with Crippen LogP contribution >= 0.6 is 27.5 Å². The molecular formula is C13H10BrClFNO3S. The van der Waals surface area contributed by atoms with Gasteiger partial charge in [-0.2, -0.15) is 0 Å². The fraction of sp³-hybridized carbons (Fsp3) is 0.0769. The van der Waals surface area contributed by atoms with Crippen molar-refractivity contribution in [2.45, 2.75) is 4.90 Å². The van der Waals surface area contributed by atoms with Crippen LogP contribution in [-0.4, -0.2) is 15.5 Å². The van der Waals surface area contributed by atoms with Crippen molar-refractivity contribution in [2.75, 3.05) is 11.8 Å². The van der Waals surface area contributed by atoms with Gasteiger partial charge < -0.3 is 4.74 Å². The molecule has 0 saturated heterocycles. The lowest BCUT2D eigenvalue weighted by molar-refractivity contribution is 0.411. The Bertz CT molecular complexity index is 783. The van der Waals surface area contributed by atoms with Gasteiger partial charge in [-0.05, 0) is 34.1 Å². The highest BCUT2D eigenvalue weighted by Gasteiger charge is 2.20. The first-order valence-electron chi connectivity index (χ1n) is 5.65. The van der Waals surface area contributed by atoms with Gasteiger partial charge >= 0.3 is 0 Å². The summed E-state index contributed by atoms with van der Waals surface area (Å²) in [7, 11) is -2.60. The molecule has 0 aliphatic carbocycles. The molecule has 0 bridgehead atoms. The van der Waals surface area contributed by atoms with Crippen LogP contribution in [0.4, 0.5) is 10.1 Å². The van der Waals surface area contributed by atoms with Crippen LogP contribution < -0.4 is 9.46 Å². The maximum atomic E-state index is 13.9. The van der Waals surface area contributed by atoms with E-state index in [9.17, 15) is 12.8 Å². The molecule has 0 aliphatic heterocycles. The van der Waals surface area contributed by atoms with Crippen LogP contribution in [0.3, 0.4) is 0 Å². The summed E-state index contributed by atoms with van der Waals surface area (Å²) in [6.07, 6.45) is 0. The van der Waals surface area contributed by atoms with Gasteiger partial charge in [0.05, 0.1) is 22.3 Å². The monoisotopic (exact) mass is 393 g/mol. The molecule has 0 amide bonds. The summed E-state index contributed by atoms with van der Waals surface area (Å²) >= 11 is 8.97. The average Bonchev–Trinajstić information content (AvgIpc) is 2.42. The van der Waals surface area contributed by atoms with Crippen molar-refractivity contribution in [3.63, 3.8) is 0 Å². The van der Waals surface area contributed by atoms with Gasteiger partial charge in [0.2, 0.25) is 0 Å². The van der Waals surface area contributed by atoms with Crippen LogP contribution in [0.25, 0.3) is 0 Å². The molecule has 0 radical (unpaired) electrons. The third-order valence-corrected chi connectivity index (χ3v) is 5.10. The zero-order valence-electron chi connectivity index (χ0n) is 10.7. The molecule has 0 fully saturated rings. The minimum atomic E-state index is -4.00. The molecule has 0 saturated carbocycles. The maximum Gasteiger partial charge on any atom is 0.263 e. The first-order chi connectivity index (χ1) is 9.85. The number of rotatable bonds is 4. The second kappa shape index (κ2) is 6.21. The molecule has 0 atom stereocenters. The Labute approximate surface area is 135 Å². The van der Waals surface area contributed by atoms with E-state index in [1.54, 1.807) is 6.07 Å². The van der Waals surface area contributed by atoms with Crippen molar-refractivity contribution >= 4 is 43.2 Å². The Balaban J connectivity index is 2.44. The number of hydrogen-bond donors (Lipinski definition) is 1. The van der Waals surface area contributed by atoms with Crippen LogP contribution in [0.15, 0.2) is 45.8 Å². The fourth-order valence-electron chi connectivity index (χ4n) is 1.63. The van der Waals surface area contributed by atoms with Crippen LogP contribution in [0.2, 0.25) is 5.02 Å². The summed E-state index contributed by atoms with van der Waals surface area (Å²) in [5, 5.41) is 0.0504. The molecule has 1 N–H and O–H groups in total. The third kappa shape index (κ3) is 3.48. The minimum absolute atomic E-state index is 0.0504. The topological polar surface area (TPSA) is 55.4 Å². The number of halogens is 3. The molecule has 2 aromatic rings. The lowest BCUT2D eigenvalue weighted by atomic mass is 10.3. The van der Waals surface area contributed by atoms with Crippen LogP contribution in [-0.2, 0) is 10.0 Å². The summed E-state index contributed by atoms with van der Waals surface area (Å²) in [6, 6.07) is 8.26. The van der Waals surface area contributed by atoms with Crippen LogP contribution in [0.1, 0.15) is 0 Å². The molecule has 0 aromatic heterocycles. The second-order valence-corrected chi connectivity index (χ2v) is 6.91. The molecular weight excluding hydrogens is 385 g/mol. The SMILES string of the molecule is COc1cc(NS(=O)(=O)c2ccccc2Cl)c(F)cc1Br. The first kappa shape index (κ1) is 16.1. The van der Waals surface area contributed by atoms with Gasteiger partial charge in [0, 0.05) is 6.07 Å². The summed E-state index contributed by atoms with van der Waals surface area (Å²) < 4.78 is 45.9. The minimum Gasteiger partial charge on any atom is -0.495 e. The van der Waals surface area contributed by atoms with Crippen molar-refractivity contribution in [3.05, 3.63) is 51.7 Å². The van der Waals surface area contributed by atoms with Gasteiger partial charge in [-0.25, -0.2) is 12.8 Å². The van der Waals surface area contributed by atoms with Gasteiger partial charge in [-0.3, -0.25) is 4.72 Å². The lowest BCUT2D eigenvalue weighted by Crippen LogP contribution is -2.14. The molecule has 0 unspecified atom stereocenters. The number of ether oxygens (including phenoxy) is 1. The number of hydrogen-bond acceptors (Lipinski definition) is 3. The van der Waals surface area contributed by atoms with Gasteiger partial charge in [-0.15, -0.1) is 0 Å². The summed E-state index contributed by atoms with van der Waals surface area (Å²) in [4.78, 5) is -0.132. The highest BCUT2D eigenvalue weighted by Crippen LogP contribution is 2.32. The van der Waals surface area contributed by atoms with E-state index in [0.29, 0.717) is 10.2 Å². The summed E-state index contributed by atoms with van der Waals surface area (Å²) in [6.45, 7) is 0. The zero-order chi connectivity index (χ0) is 15.6. The Kier molecular flexibility index (Phi) is 4.75. The molecule has 2 aromatic carbocycles. The maximum absolute atomic E-state index is 13.9. The number of nitrogens with one attached hydrogen (secondary N) is 1.